The summed E-state index contributed by atoms with van der Waals surface area (Å²) in [5, 5.41) is 3.86. The second-order valence-electron chi connectivity index (χ2n) is 4.04. The third-order valence-electron chi connectivity index (χ3n) is 2.90. The van der Waals surface area contributed by atoms with E-state index in [2.05, 4.69) is 15.3 Å². The first-order chi connectivity index (χ1) is 8.19. The number of fused-ring (bicyclic) bond motifs is 1. The summed E-state index contributed by atoms with van der Waals surface area (Å²) in [7, 11) is 0. The van der Waals surface area contributed by atoms with Crippen LogP contribution in [0.1, 0.15) is 5.56 Å². The number of aromatic amines is 1. The van der Waals surface area contributed by atoms with Crippen molar-refractivity contribution in [2.45, 2.75) is 5.66 Å². The van der Waals surface area contributed by atoms with Gasteiger partial charge in [0.1, 0.15) is 0 Å². The monoisotopic (exact) mass is 227 g/mol. The number of hydrogen-bond donors (Lipinski definition) is 4. The molecule has 0 spiro atoms. The average molecular weight is 227 g/mol. The van der Waals surface area contributed by atoms with Crippen LogP contribution >= 0.6 is 0 Å². The Morgan fingerprint density at radius 1 is 1.24 bits per heavy atom. The quantitative estimate of drug-likeness (QED) is 0.578. The summed E-state index contributed by atoms with van der Waals surface area (Å²) >= 11 is 0. The highest BCUT2D eigenvalue weighted by Gasteiger charge is 2.27. The molecule has 3 rings (SSSR count). The largest absolute Gasteiger partial charge is 0.370 e. The van der Waals surface area contributed by atoms with E-state index in [-0.39, 0.29) is 0 Å². The summed E-state index contributed by atoms with van der Waals surface area (Å²) in [6.07, 6.45) is 5.40. The molecule has 1 aliphatic heterocycles. The number of nitrogens with zero attached hydrogens (tertiary/aromatic N) is 1. The molecule has 86 valence electrons. The van der Waals surface area contributed by atoms with Gasteiger partial charge in [-0.15, -0.1) is 0 Å². The van der Waals surface area contributed by atoms with Gasteiger partial charge in [-0.1, -0.05) is 12.1 Å². The van der Waals surface area contributed by atoms with Crippen LogP contribution in [-0.4, -0.2) is 10.9 Å². The van der Waals surface area contributed by atoms with Crippen molar-refractivity contribution in [3.05, 3.63) is 48.3 Å². The zero-order valence-electron chi connectivity index (χ0n) is 9.14. The fourth-order valence-corrected chi connectivity index (χ4v) is 2.11. The summed E-state index contributed by atoms with van der Waals surface area (Å²) in [5.74, 6) is 0.322. The Labute approximate surface area is 98.2 Å². The molecule has 17 heavy (non-hydrogen) atoms. The standard InChI is InChI=1S/C12H13N5/c13-11-16-7-5-12(14,17-11)9-2-1-3-10-8(9)4-6-15-10/h1-7,15H,14H2,(H3,13,16,17). The van der Waals surface area contributed by atoms with Crippen LogP contribution in [0.15, 0.2) is 47.7 Å². The van der Waals surface area contributed by atoms with Crippen LogP contribution in [0, 0.1) is 0 Å². The smallest absolute Gasteiger partial charge is 0.195 e. The van der Waals surface area contributed by atoms with Gasteiger partial charge in [-0.3, -0.25) is 5.73 Å². The van der Waals surface area contributed by atoms with E-state index < -0.39 is 5.66 Å². The minimum atomic E-state index is -0.906. The van der Waals surface area contributed by atoms with E-state index >= 15 is 0 Å². The number of nitrogens with one attached hydrogen (secondary N) is 2. The van der Waals surface area contributed by atoms with Crippen LogP contribution in [-0.2, 0) is 5.66 Å². The molecule has 0 saturated heterocycles. The first-order valence-electron chi connectivity index (χ1n) is 5.34. The molecule has 2 aromatic rings. The maximum Gasteiger partial charge on any atom is 0.195 e. The summed E-state index contributed by atoms with van der Waals surface area (Å²) in [6.45, 7) is 0. The van der Waals surface area contributed by atoms with Gasteiger partial charge in [0.25, 0.3) is 0 Å². The van der Waals surface area contributed by atoms with Gasteiger partial charge in [0.15, 0.2) is 11.6 Å². The Kier molecular flexibility index (Phi) is 1.96. The fraction of sp³-hybridized carbons (Fsp3) is 0.0833. The van der Waals surface area contributed by atoms with Gasteiger partial charge >= 0.3 is 0 Å². The first kappa shape index (κ1) is 9.92. The molecule has 0 radical (unpaired) electrons. The molecule has 5 heteroatoms. The van der Waals surface area contributed by atoms with Gasteiger partial charge in [0.05, 0.1) is 0 Å². The van der Waals surface area contributed by atoms with Gasteiger partial charge in [-0.05, 0) is 18.2 Å². The molecule has 0 aliphatic carbocycles. The Bertz CT molecular complexity index is 625. The van der Waals surface area contributed by atoms with Crippen LogP contribution in [0.2, 0.25) is 0 Å². The molecule has 0 amide bonds. The topological polar surface area (TPSA) is 92.2 Å². The number of hydrogen-bond acceptors (Lipinski definition) is 4. The highest BCUT2D eigenvalue weighted by atomic mass is 15.2. The molecule has 1 unspecified atom stereocenters. The maximum atomic E-state index is 6.29. The Morgan fingerprint density at radius 3 is 2.94 bits per heavy atom. The lowest BCUT2D eigenvalue weighted by atomic mass is 9.96. The van der Waals surface area contributed by atoms with Crippen molar-refractivity contribution in [1.82, 2.24) is 10.3 Å². The number of benzene rings is 1. The van der Waals surface area contributed by atoms with E-state index in [4.69, 9.17) is 11.5 Å². The molecule has 6 N–H and O–H groups in total. The summed E-state index contributed by atoms with van der Waals surface area (Å²) in [4.78, 5) is 7.43. The lowest BCUT2D eigenvalue weighted by Crippen LogP contribution is -2.42. The minimum absolute atomic E-state index is 0.322. The van der Waals surface area contributed by atoms with Gasteiger partial charge < -0.3 is 16.0 Å². The Morgan fingerprint density at radius 2 is 2.12 bits per heavy atom. The van der Waals surface area contributed by atoms with Crippen molar-refractivity contribution in [3.63, 3.8) is 0 Å². The van der Waals surface area contributed by atoms with Gasteiger partial charge in [-0.2, -0.15) is 0 Å². The van der Waals surface area contributed by atoms with Crippen LogP contribution in [0.25, 0.3) is 10.9 Å². The normalized spacial score (nSPS) is 23.5. The van der Waals surface area contributed by atoms with Crippen LogP contribution in [0.4, 0.5) is 0 Å². The molecule has 1 atom stereocenters. The van der Waals surface area contributed by atoms with Crippen LogP contribution in [0.3, 0.4) is 0 Å². The molecule has 0 bridgehead atoms. The number of aliphatic imine (C=N–C) groups is 1. The molecule has 5 nitrogen and oxygen atoms in total. The lowest BCUT2D eigenvalue weighted by molar-refractivity contribution is 0.586. The predicted octanol–water partition coefficient (Wildman–Crippen LogP) is 0.711. The van der Waals surface area contributed by atoms with Crippen LogP contribution < -0.4 is 16.8 Å². The fourth-order valence-electron chi connectivity index (χ4n) is 2.11. The summed E-state index contributed by atoms with van der Waals surface area (Å²) in [5.41, 5.74) is 13.0. The van der Waals surface area contributed by atoms with E-state index in [1.165, 1.54) is 0 Å². The van der Waals surface area contributed by atoms with Gasteiger partial charge in [0.2, 0.25) is 0 Å². The molecule has 1 aliphatic rings. The molecule has 1 aromatic carbocycles. The zero-order valence-corrected chi connectivity index (χ0v) is 9.14. The van der Waals surface area contributed by atoms with E-state index in [1.54, 1.807) is 12.3 Å². The van der Waals surface area contributed by atoms with E-state index in [9.17, 15) is 0 Å². The SMILES string of the molecule is NC1=NC(N)(c2cccc3[nH]ccc23)C=CN1. The Hall–Kier alpha value is -2.27. The predicted molar refractivity (Wildman–Crippen MR) is 68.1 cm³/mol. The van der Waals surface area contributed by atoms with E-state index in [1.807, 2.05) is 30.5 Å². The highest BCUT2D eigenvalue weighted by Crippen LogP contribution is 2.29. The van der Waals surface area contributed by atoms with Gasteiger partial charge in [0, 0.05) is 28.9 Å². The minimum Gasteiger partial charge on any atom is -0.370 e. The third kappa shape index (κ3) is 1.48. The second kappa shape index (κ2) is 3.36. The highest BCUT2D eigenvalue weighted by molar-refractivity contribution is 5.86. The van der Waals surface area contributed by atoms with Crippen molar-refractivity contribution in [2.24, 2.45) is 16.5 Å². The summed E-state index contributed by atoms with van der Waals surface area (Å²) in [6, 6.07) is 7.90. The van der Waals surface area contributed by atoms with Gasteiger partial charge in [-0.25, -0.2) is 4.99 Å². The number of nitrogens with two attached hydrogens (primary N) is 2. The number of rotatable bonds is 1. The third-order valence-corrected chi connectivity index (χ3v) is 2.90. The first-order valence-corrected chi connectivity index (χ1v) is 5.34. The lowest BCUT2D eigenvalue weighted by Gasteiger charge is -2.26. The average Bonchev–Trinajstić information content (AvgIpc) is 2.76. The molecular weight excluding hydrogens is 214 g/mol. The van der Waals surface area contributed by atoms with Crippen molar-refractivity contribution in [1.29, 1.82) is 0 Å². The number of aromatic nitrogens is 1. The second-order valence-corrected chi connectivity index (χ2v) is 4.04. The van der Waals surface area contributed by atoms with Crippen LogP contribution in [0.5, 0.6) is 0 Å². The maximum absolute atomic E-state index is 6.29. The molecule has 1 aromatic heterocycles. The van der Waals surface area contributed by atoms with E-state index in [0.717, 1.165) is 16.5 Å². The Balaban J connectivity index is 2.24. The summed E-state index contributed by atoms with van der Waals surface area (Å²) < 4.78 is 0. The van der Waals surface area contributed by atoms with Crippen molar-refractivity contribution in [2.75, 3.05) is 0 Å². The molecule has 2 heterocycles. The number of H-pyrrole nitrogens is 1. The molecule has 0 fully saturated rings. The van der Waals surface area contributed by atoms with Crippen molar-refractivity contribution < 1.29 is 0 Å². The number of guanidine groups is 1. The molecule has 0 saturated carbocycles. The molecular formula is C12H13N5. The zero-order chi connectivity index (χ0) is 11.9. The van der Waals surface area contributed by atoms with E-state index in [0.29, 0.717) is 5.96 Å². The van der Waals surface area contributed by atoms with Crippen molar-refractivity contribution >= 4 is 16.9 Å². The van der Waals surface area contributed by atoms with Crippen molar-refractivity contribution in [3.8, 4) is 0 Å².